The first-order valence-corrected chi connectivity index (χ1v) is 15.5. The maximum Gasteiger partial charge on any atom is 0.243 e. The van der Waals surface area contributed by atoms with Gasteiger partial charge in [0, 0.05) is 21.2 Å². The number of Topliss-reactive ketones (excluding diaryl/α,β-unsaturated/α-hetero) is 1. The fraction of sp³-hybridized carbons (Fsp3) is 0.524. The van der Waals surface area contributed by atoms with E-state index in [2.05, 4.69) is 24.7 Å². The molecule has 32 heavy (non-hydrogen) atoms. The van der Waals surface area contributed by atoms with E-state index in [-0.39, 0.29) is 23.7 Å². The lowest BCUT2D eigenvalue weighted by molar-refractivity contribution is 0.0694. The molecule has 0 radical (unpaired) electrons. The molecular formula is C21H32FN3O5SSi. The van der Waals surface area contributed by atoms with E-state index in [1.807, 2.05) is 6.92 Å². The molecule has 0 aliphatic carbocycles. The topological polar surface area (TPSA) is 102 Å². The highest BCUT2D eigenvalue weighted by Gasteiger charge is 2.30. The van der Waals surface area contributed by atoms with Gasteiger partial charge in [0.05, 0.1) is 29.3 Å². The van der Waals surface area contributed by atoms with Crippen LogP contribution in [0.25, 0.3) is 0 Å². The summed E-state index contributed by atoms with van der Waals surface area (Å²) in [6.45, 7) is 9.23. The third-order valence-electron chi connectivity index (χ3n) is 4.73. The van der Waals surface area contributed by atoms with Crippen molar-refractivity contribution in [3.63, 3.8) is 0 Å². The molecule has 11 heteroatoms. The quantitative estimate of drug-likeness (QED) is 0.282. The van der Waals surface area contributed by atoms with Gasteiger partial charge in [-0.3, -0.25) is 4.79 Å². The van der Waals surface area contributed by atoms with E-state index < -0.39 is 42.5 Å². The van der Waals surface area contributed by atoms with Crippen molar-refractivity contribution in [3.05, 3.63) is 47.5 Å². The van der Waals surface area contributed by atoms with Gasteiger partial charge in [0.15, 0.2) is 5.78 Å². The molecule has 0 amide bonds. The largest absolute Gasteiger partial charge is 0.392 e. The Bertz CT molecular complexity index is 1020. The van der Waals surface area contributed by atoms with Crippen LogP contribution in [-0.2, 0) is 21.5 Å². The van der Waals surface area contributed by atoms with Gasteiger partial charge in [0.2, 0.25) is 16.0 Å². The third-order valence-corrected chi connectivity index (χ3v) is 8.26. The van der Waals surface area contributed by atoms with Gasteiger partial charge in [-0.05, 0) is 32.0 Å². The molecule has 1 aromatic carbocycles. The minimum absolute atomic E-state index is 0.0106. The van der Waals surface area contributed by atoms with Crippen molar-refractivity contribution in [3.8, 4) is 0 Å². The Balaban J connectivity index is 2.15. The molecule has 2 aromatic rings. The van der Waals surface area contributed by atoms with Crippen molar-refractivity contribution in [1.82, 2.24) is 14.1 Å². The van der Waals surface area contributed by atoms with Crippen LogP contribution in [0.1, 0.15) is 22.8 Å². The monoisotopic (exact) mass is 485 g/mol. The molecule has 0 fully saturated rings. The van der Waals surface area contributed by atoms with Gasteiger partial charge >= 0.3 is 0 Å². The Morgan fingerprint density at radius 2 is 1.91 bits per heavy atom. The van der Waals surface area contributed by atoms with Crippen molar-refractivity contribution in [2.75, 3.05) is 19.7 Å². The Kier molecular flexibility index (Phi) is 8.88. The van der Waals surface area contributed by atoms with E-state index in [9.17, 15) is 22.7 Å². The maximum atomic E-state index is 14.7. The summed E-state index contributed by atoms with van der Waals surface area (Å²) in [7, 11) is -5.36. The highest BCUT2D eigenvalue weighted by Crippen LogP contribution is 2.18. The number of carbonyl (C=O) groups is 1. The van der Waals surface area contributed by atoms with Crippen LogP contribution in [0, 0.1) is 12.9 Å². The molecule has 0 aliphatic rings. The van der Waals surface area contributed by atoms with Crippen molar-refractivity contribution in [2.24, 2.45) is 0 Å². The van der Waals surface area contributed by atoms with Crippen molar-refractivity contribution in [2.45, 2.75) is 57.3 Å². The first-order valence-electron chi connectivity index (χ1n) is 10.4. The summed E-state index contributed by atoms with van der Waals surface area (Å²) < 4.78 is 48.0. The minimum atomic E-state index is -4.07. The summed E-state index contributed by atoms with van der Waals surface area (Å²) >= 11 is 0. The zero-order valence-electron chi connectivity index (χ0n) is 19.2. The first kappa shape index (κ1) is 26.3. The van der Waals surface area contributed by atoms with Crippen molar-refractivity contribution in [1.29, 1.82) is 0 Å². The standard InChI is InChI=1S/C21H32FN3O5SSi/c1-16-6-8-18(9-7-16)31(28,29)24(13-17(2)26)14-20(27)19-12-23-25(21(19)22)15-30-10-11-32(3,4)5/h6-9,12,17,26H,10-11,13-15H2,1-5H3. The summed E-state index contributed by atoms with van der Waals surface area (Å²) in [5.41, 5.74) is 0.553. The molecule has 1 heterocycles. The second kappa shape index (κ2) is 10.8. The SMILES string of the molecule is Cc1ccc(S(=O)(=O)N(CC(=O)c2cnn(COCC[Si](C)(C)C)c2F)CC(C)O)cc1. The van der Waals surface area contributed by atoms with Crippen LogP contribution in [-0.4, -0.2) is 67.3 Å². The van der Waals surface area contributed by atoms with E-state index in [4.69, 9.17) is 4.74 Å². The lowest BCUT2D eigenvalue weighted by Crippen LogP contribution is -2.40. The summed E-state index contributed by atoms with van der Waals surface area (Å²) in [5, 5.41) is 13.6. The fourth-order valence-electron chi connectivity index (χ4n) is 2.82. The molecule has 0 saturated carbocycles. The van der Waals surface area contributed by atoms with Crippen LogP contribution in [0.3, 0.4) is 0 Å². The number of aromatic nitrogens is 2. The minimum Gasteiger partial charge on any atom is -0.392 e. The summed E-state index contributed by atoms with van der Waals surface area (Å²) in [4.78, 5) is 12.7. The highest BCUT2D eigenvalue weighted by molar-refractivity contribution is 7.89. The number of aliphatic hydroxyl groups is 1. The number of ketones is 1. The van der Waals surface area contributed by atoms with Gasteiger partial charge in [-0.1, -0.05) is 37.3 Å². The van der Waals surface area contributed by atoms with Gasteiger partial charge in [0.25, 0.3) is 0 Å². The molecule has 0 aliphatic heterocycles. The molecular weight excluding hydrogens is 453 g/mol. The van der Waals surface area contributed by atoms with Gasteiger partial charge in [0.1, 0.15) is 6.73 Å². The highest BCUT2D eigenvalue weighted by atomic mass is 32.2. The number of aryl methyl sites for hydroxylation is 1. The molecule has 1 N–H and O–H groups in total. The Labute approximate surface area is 190 Å². The number of sulfonamides is 1. The Hall–Kier alpha value is -1.92. The Morgan fingerprint density at radius 3 is 2.47 bits per heavy atom. The van der Waals surface area contributed by atoms with Gasteiger partial charge < -0.3 is 9.84 Å². The normalized spacial score (nSPS) is 13.5. The molecule has 1 unspecified atom stereocenters. The number of aliphatic hydroxyl groups excluding tert-OH is 1. The van der Waals surface area contributed by atoms with Crippen LogP contribution in [0.5, 0.6) is 0 Å². The second-order valence-electron chi connectivity index (χ2n) is 9.08. The van der Waals surface area contributed by atoms with E-state index in [0.29, 0.717) is 6.61 Å². The fourth-order valence-corrected chi connectivity index (χ4v) is 5.06. The molecule has 1 aromatic heterocycles. The smallest absolute Gasteiger partial charge is 0.243 e. The zero-order valence-corrected chi connectivity index (χ0v) is 21.0. The predicted octanol–water partition coefficient (Wildman–Crippen LogP) is 2.90. The number of nitrogens with zero attached hydrogens (tertiary/aromatic N) is 3. The molecule has 178 valence electrons. The molecule has 8 nitrogen and oxygen atoms in total. The summed E-state index contributed by atoms with van der Waals surface area (Å²) in [5.74, 6) is -1.64. The number of halogens is 1. The number of carbonyl (C=O) groups excluding carboxylic acids is 1. The van der Waals surface area contributed by atoms with E-state index >= 15 is 0 Å². The average molecular weight is 486 g/mol. The third kappa shape index (κ3) is 7.31. The number of hydrogen-bond acceptors (Lipinski definition) is 6. The summed E-state index contributed by atoms with van der Waals surface area (Å²) in [6, 6.07) is 7.05. The number of ether oxygens (including phenoxy) is 1. The summed E-state index contributed by atoms with van der Waals surface area (Å²) in [6.07, 6.45) is 0.0499. The van der Waals surface area contributed by atoms with Gasteiger partial charge in [-0.15, -0.1) is 0 Å². The van der Waals surface area contributed by atoms with E-state index in [0.717, 1.165) is 26.8 Å². The van der Waals surface area contributed by atoms with E-state index in [1.54, 1.807) is 12.1 Å². The molecule has 0 bridgehead atoms. The van der Waals surface area contributed by atoms with E-state index in [1.165, 1.54) is 19.1 Å². The van der Waals surface area contributed by atoms with Gasteiger partial charge in [-0.25, -0.2) is 13.1 Å². The van der Waals surface area contributed by atoms with Crippen LogP contribution in [0.4, 0.5) is 4.39 Å². The van der Waals surface area contributed by atoms with Crippen LogP contribution < -0.4 is 0 Å². The number of benzene rings is 1. The number of hydrogen-bond donors (Lipinski definition) is 1. The van der Waals surface area contributed by atoms with Crippen molar-refractivity contribution < 1.29 is 27.4 Å². The average Bonchev–Trinajstić information content (AvgIpc) is 3.04. The second-order valence-corrected chi connectivity index (χ2v) is 16.6. The molecule has 1 atom stereocenters. The molecule has 0 spiro atoms. The lowest BCUT2D eigenvalue weighted by Gasteiger charge is -2.22. The molecule has 0 saturated heterocycles. The maximum absolute atomic E-state index is 14.7. The van der Waals surface area contributed by atoms with Crippen molar-refractivity contribution >= 4 is 23.9 Å². The predicted molar refractivity (Wildman–Crippen MR) is 122 cm³/mol. The molecule has 2 rings (SSSR count). The zero-order chi connectivity index (χ0) is 24.1. The lowest BCUT2D eigenvalue weighted by atomic mass is 10.2. The first-order chi connectivity index (χ1) is 14.8. The van der Waals surface area contributed by atoms with Crippen LogP contribution in [0.15, 0.2) is 35.4 Å². The van der Waals surface area contributed by atoms with Crippen LogP contribution in [0.2, 0.25) is 25.7 Å². The Morgan fingerprint density at radius 1 is 1.28 bits per heavy atom. The number of rotatable bonds is 12. The van der Waals surface area contributed by atoms with Gasteiger partial charge in [-0.2, -0.15) is 13.8 Å². The van der Waals surface area contributed by atoms with Crippen LogP contribution >= 0.6 is 0 Å².